The first kappa shape index (κ1) is 16.6. The molecule has 0 radical (unpaired) electrons. The average Bonchev–Trinajstić information content (AvgIpc) is 2.63. The van der Waals surface area contributed by atoms with Crippen molar-refractivity contribution in [1.82, 2.24) is 4.98 Å². The van der Waals surface area contributed by atoms with Gasteiger partial charge in [-0.2, -0.15) is 21.0 Å². The molecule has 0 spiro atoms. The van der Waals surface area contributed by atoms with Gasteiger partial charge in [-0.15, -0.1) is 0 Å². The summed E-state index contributed by atoms with van der Waals surface area (Å²) in [6.45, 7) is 0. The molecule has 6 nitrogen and oxygen atoms in total. The number of nitrogens with one attached hydrogen (secondary N) is 1. The number of nitrogens with zero attached hydrogens (tertiary/aromatic N) is 5. The molecule has 0 saturated carbocycles. The van der Waals surface area contributed by atoms with Crippen molar-refractivity contribution in [3.8, 4) is 24.3 Å². The van der Waals surface area contributed by atoms with Gasteiger partial charge in [-0.05, 0) is 24.3 Å². The molecule has 0 aliphatic rings. The molecule has 1 aromatic heterocycles. The highest BCUT2D eigenvalue weighted by molar-refractivity contribution is 7.99. The zero-order chi connectivity index (χ0) is 17.4. The molecule has 1 N–H and O–H groups in total. The fourth-order valence-electron chi connectivity index (χ4n) is 1.74. The Morgan fingerprint density at radius 1 is 0.958 bits per heavy atom. The van der Waals surface area contributed by atoms with Crippen LogP contribution < -0.4 is 5.32 Å². The van der Waals surface area contributed by atoms with E-state index in [1.165, 1.54) is 11.8 Å². The Morgan fingerprint density at radius 3 is 2.38 bits per heavy atom. The molecule has 112 valence electrons. The normalized spacial score (nSPS) is 8.83. The van der Waals surface area contributed by atoms with Gasteiger partial charge in [0.2, 0.25) is 0 Å². The number of anilines is 1. The molecule has 0 unspecified atom stereocenters. The smallest absolute Gasteiger partial charge is 0.163 e. The largest absolute Gasteiger partial charge is 0.344 e. The van der Waals surface area contributed by atoms with E-state index in [0.29, 0.717) is 21.2 Å². The Bertz CT molecular complexity index is 950. The monoisotopic (exact) mass is 328 g/mol. The highest BCUT2D eigenvalue weighted by Crippen LogP contribution is 2.34. The maximum atomic E-state index is 9.15. The third-order valence-electron chi connectivity index (χ3n) is 2.83. The van der Waals surface area contributed by atoms with E-state index in [-0.39, 0.29) is 11.3 Å². The lowest BCUT2D eigenvalue weighted by atomic mass is 10.2. The van der Waals surface area contributed by atoms with E-state index < -0.39 is 0 Å². The van der Waals surface area contributed by atoms with Crippen LogP contribution in [-0.4, -0.2) is 4.98 Å². The third kappa shape index (κ3) is 3.70. The van der Waals surface area contributed by atoms with E-state index in [9.17, 15) is 0 Å². The second-order valence-corrected chi connectivity index (χ2v) is 5.31. The Labute approximate surface area is 142 Å². The van der Waals surface area contributed by atoms with Crippen molar-refractivity contribution >= 4 is 17.4 Å². The van der Waals surface area contributed by atoms with Crippen molar-refractivity contribution in [3.63, 3.8) is 0 Å². The molecule has 0 fully saturated rings. The minimum Gasteiger partial charge on any atom is -0.344 e. The topological polar surface area (TPSA) is 120 Å². The SMILES string of the molecule is N#CC(C#N)=C(C#N)Nc1ccccc1Sc1ncccc1C#N. The highest BCUT2D eigenvalue weighted by Gasteiger charge is 2.12. The third-order valence-corrected chi connectivity index (χ3v) is 3.92. The molecule has 1 heterocycles. The van der Waals surface area contributed by atoms with Gasteiger partial charge in [-0.1, -0.05) is 23.9 Å². The molecule has 0 saturated heterocycles. The maximum Gasteiger partial charge on any atom is 0.163 e. The fraction of sp³-hybridized carbons (Fsp3) is 0. The fourth-order valence-corrected chi connectivity index (χ4v) is 2.66. The van der Waals surface area contributed by atoms with Crippen LogP contribution in [0, 0.1) is 45.3 Å². The molecule has 7 heteroatoms. The summed E-state index contributed by atoms with van der Waals surface area (Å²) in [4.78, 5) is 4.89. The van der Waals surface area contributed by atoms with Crippen molar-refractivity contribution in [2.75, 3.05) is 5.32 Å². The highest BCUT2D eigenvalue weighted by atomic mass is 32.2. The van der Waals surface area contributed by atoms with E-state index in [1.54, 1.807) is 54.7 Å². The number of allylic oxidation sites excluding steroid dienone is 2. The second-order valence-electron chi connectivity index (χ2n) is 4.28. The summed E-state index contributed by atoms with van der Waals surface area (Å²) in [7, 11) is 0. The summed E-state index contributed by atoms with van der Waals surface area (Å²) >= 11 is 1.25. The van der Waals surface area contributed by atoms with Gasteiger partial charge in [0.05, 0.1) is 11.3 Å². The first-order valence-electron chi connectivity index (χ1n) is 6.57. The number of nitriles is 4. The summed E-state index contributed by atoms with van der Waals surface area (Å²) in [5.41, 5.74) is 0.544. The van der Waals surface area contributed by atoms with E-state index in [0.717, 1.165) is 0 Å². The maximum absolute atomic E-state index is 9.15. The van der Waals surface area contributed by atoms with Gasteiger partial charge in [0.15, 0.2) is 5.57 Å². The molecule has 24 heavy (non-hydrogen) atoms. The van der Waals surface area contributed by atoms with Crippen molar-refractivity contribution in [1.29, 1.82) is 21.0 Å². The van der Waals surface area contributed by atoms with Crippen LogP contribution >= 0.6 is 11.8 Å². The van der Waals surface area contributed by atoms with Gasteiger partial charge in [0.1, 0.15) is 35.0 Å². The molecule has 0 bridgehead atoms. The van der Waals surface area contributed by atoms with Crippen molar-refractivity contribution in [3.05, 3.63) is 59.4 Å². The number of benzene rings is 1. The van der Waals surface area contributed by atoms with Gasteiger partial charge in [-0.25, -0.2) is 4.98 Å². The lowest BCUT2D eigenvalue weighted by molar-refractivity contribution is 1.11. The molecule has 0 amide bonds. The van der Waals surface area contributed by atoms with Crippen LogP contribution in [0.1, 0.15) is 5.56 Å². The number of rotatable bonds is 4. The Kier molecular flexibility index (Phi) is 5.54. The van der Waals surface area contributed by atoms with E-state index in [1.807, 2.05) is 6.07 Å². The first-order chi connectivity index (χ1) is 11.7. The molecule has 2 aromatic rings. The molecule has 0 atom stereocenters. The van der Waals surface area contributed by atoms with Crippen LogP contribution in [0.15, 0.2) is 63.8 Å². The molecule has 0 aliphatic heterocycles. The lowest BCUT2D eigenvalue weighted by Gasteiger charge is -2.10. The van der Waals surface area contributed by atoms with Gasteiger partial charge >= 0.3 is 0 Å². The quantitative estimate of drug-likeness (QED) is 0.854. The van der Waals surface area contributed by atoms with Gasteiger partial charge < -0.3 is 5.32 Å². The number of hydrogen-bond donors (Lipinski definition) is 1. The summed E-state index contributed by atoms with van der Waals surface area (Å²) in [5, 5.41) is 39.4. The number of pyridine rings is 1. The van der Waals surface area contributed by atoms with Crippen molar-refractivity contribution in [2.45, 2.75) is 9.92 Å². The zero-order valence-electron chi connectivity index (χ0n) is 12.2. The Hall–Kier alpha value is -3.78. The minimum atomic E-state index is -0.298. The van der Waals surface area contributed by atoms with Gasteiger partial charge in [0, 0.05) is 11.1 Å². The van der Waals surface area contributed by atoms with Crippen LogP contribution in [0.25, 0.3) is 0 Å². The van der Waals surface area contributed by atoms with Crippen LogP contribution in [0.2, 0.25) is 0 Å². The standard InChI is InChI=1S/C17H8N6S/c18-8-12-4-3-7-22-17(12)24-16-6-2-1-5-14(16)23-15(11-21)13(9-19)10-20/h1-7,23H. The zero-order valence-corrected chi connectivity index (χ0v) is 13.0. The molecule has 1 aromatic carbocycles. The van der Waals surface area contributed by atoms with E-state index in [4.69, 9.17) is 21.0 Å². The molecular weight excluding hydrogens is 320 g/mol. The van der Waals surface area contributed by atoms with Crippen molar-refractivity contribution < 1.29 is 0 Å². The minimum absolute atomic E-state index is 0.130. The van der Waals surface area contributed by atoms with Gasteiger partial charge in [0.25, 0.3) is 0 Å². The first-order valence-corrected chi connectivity index (χ1v) is 7.38. The Balaban J connectivity index is 2.41. The second kappa shape index (κ2) is 8.01. The van der Waals surface area contributed by atoms with E-state index >= 15 is 0 Å². The summed E-state index contributed by atoms with van der Waals surface area (Å²) in [6, 6.07) is 17.6. The predicted molar refractivity (Wildman–Crippen MR) is 87.0 cm³/mol. The van der Waals surface area contributed by atoms with Crippen LogP contribution in [0.3, 0.4) is 0 Å². The summed E-state index contributed by atoms with van der Waals surface area (Å²) < 4.78 is 0. The number of para-hydroxylation sites is 1. The van der Waals surface area contributed by atoms with Gasteiger partial charge in [-0.3, -0.25) is 0 Å². The van der Waals surface area contributed by atoms with Crippen molar-refractivity contribution in [2.24, 2.45) is 0 Å². The number of hydrogen-bond acceptors (Lipinski definition) is 7. The summed E-state index contributed by atoms with van der Waals surface area (Å²) in [5.74, 6) is 0. The average molecular weight is 328 g/mol. The molecule has 2 rings (SSSR count). The van der Waals surface area contributed by atoms with E-state index in [2.05, 4.69) is 16.4 Å². The number of aromatic nitrogens is 1. The van der Waals surface area contributed by atoms with Crippen LogP contribution in [0.4, 0.5) is 5.69 Å². The molecular formula is C17H8N6S. The summed E-state index contributed by atoms with van der Waals surface area (Å²) in [6.07, 6.45) is 1.59. The molecule has 0 aliphatic carbocycles. The lowest BCUT2D eigenvalue weighted by Crippen LogP contribution is -2.01. The predicted octanol–water partition coefficient (Wildman–Crippen LogP) is 3.34. The van der Waals surface area contributed by atoms with Crippen LogP contribution in [-0.2, 0) is 0 Å². The van der Waals surface area contributed by atoms with Crippen LogP contribution in [0.5, 0.6) is 0 Å². The Morgan fingerprint density at radius 2 is 1.71 bits per heavy atom.